The van der Waals surface area contributed by atoms with Gasteiger partial charge >= 0.3 is 12.0 Å². The first-order chi connectivity index (χ1) is 9.40. The van der Waals surface area contributed by atoms with E-state index < -0.39 is 23.9 Å². The lowest BCUT2D eigenvalue weighted by molar-refractivity contribution is -0.142. The van der Waals surface area contributed by atoms with E-state index in [1.54, 1.807) is 19.9 Å². The highest BCUT2D eigenvalue weighted by atomic mass is 19.1. The molecule has 0 aromatic heterocycles. The van der Waals surface area contributed by atoms with E-state index in [4.69, 9.17) is 5.11 Å². The van der Waals surface area contributed by atoms with Crippen LogP contribution in [0.15, 0.2) is 18.2 Å². The van der Waals surface area contributed by atoms with Crippen LogP contribution in [0, 0.1) is 18.7 Å². The number of rotatable bonds is 2. The number of nitrogens with zero attached hydrogens (tertiary/aromatic N) is 1. The minimum atomic E-state index is -1.03. The van der Waals surface area contributed by atoms with Crippen LogP contribution in [0.2, 0.25) is 0 Å². The molecule has 108 valence electrons. The molecule has 1 aromatic carbocycles. The van der Waals surface area contributed by atoms with Crippen LogP contribution in [0.5, 0.6) is 0 Å². The molecule has 1 aliphatic heterocycles. The number of aryl methyl sites for hydroxylation is 1. The zero-order valence-corrected chi connectivity index (χ0v) is 11.4. The van der Waals surface area contributed by atoms with Gasteiger partial charge < -0.3 is 15.3 Å². The third-order valence-electron chi connectivity index (χ3n) is 3.58. The monoisotopic (exact) mass is 280 g/mol. The molecule has 1 saturated heterocycles. The Hall–Kier alpha value is -2.11. The zero-order valence-electron chi connectivity index (χ0n) is 11.4. The summed E-state index contributed by atoms with van der Waals surface area (Å²) in [6.07, 6.45) is 0.626. The number of urea groups is 1. The molecule has 2 unspecified atom stereocenters. The van der Waals surface area contributed by atoms with Gasteiger partial charge in [-0.2, -0.15) is 0 Å². The lowest BCUT2D eigenvalue weighted by Gasteiger charge is -2.23. The number of nitrogens with one attached hydrogen (secondary N) is 1. The largest absolute Gasteiger partial charge is 0.480 e. The Morgan fingerprint density at radius 3 is 2.75 bits per heavy atom. The standard InChI is InChI=1S/C14H17FN2O3/c1-8-3-4-11(10(15)7-8)16-14(20)17-6-5-9(2)12(17)13(18)19/h3-4,7,9,12H,5-6H2,1-2H3,(H,16,20)(H,18,19). The number of carboxylic acids is 1. The van der Waals surface area contributed by atoms with Gasteiger partial charge in [-0.3, -0.25) is 0 Å². The second-order valence-electron chi connectivity index (χ2n) is 5.16. The topological polar surface area (TPSA) is 69.6 Å². The maximum Gasteiger partial charge on any atom is 0.326 e. The van der Waals surface area contributed by atoms with Crippen molar-refractivity contribution in [3.8, 4) is 0 Å². The summed E-state index contributed by atoms with van der Waals surface area (Å²) in [5.41, 5.74) is 0.808. The minimum absolute atomic E-state index is 0.0595. The van der Waals surface area contributed by atoms with Crippen LogP contribution < -0.4 is 5.32 Å². The Bertz CT molecular complexity index is 547. The van der Waals surface area contributed by atoms with E-state index in [1.807, 2.05) is 0 Å². The van der Waals surface area contributed by atoms with Gasteiger partial charge in [0.05, 0.1) is 5.69 Å². The summed E-state index contributed by atoms with van der Waals surface area (Å²) < 4.78 is 13.7. The summed E-state index contributed by atoms with van der Waals surface area (Å²) in [6.45, 7) is 3.90. The molecule has 1 aromatic rings. The highest BCUT2D eigenvalue weighted by Crippen LogP contribution is 2.25. The maximum atomic E-state index is 13.7. The average molecular weight is 280 g/mol. The molecule has 0 bridgehead atoms. The number of anilines is 1. The predicted octanol–water partition coefficient (Wildman–Crippen LogP) is 2.46. The van der Waals surface area contributed by atoms with Crippen molar-refractivity contribution in [2.24, 2.45) is 5.92 Å². The molecule has 1 aliphatic rings. The smallest absolute Gasteiger partial charge is 0.326 e. The van der Waals surface area contributed by atoms with E-state index in [2.05, 4.69) is 5.32 Å². The third kappa shape index (κ3) is 2.74. The van der Waals surface area contributed by atoms with Crippen LogP contribution in [0.3, 0.4) is 0 Å². The number of halogens is 1. The minimum Gasteiger partial charge on any atom is -0.480 e. The number of hydrogen-bond donors (Lipinski definition) is 2. The Balaban J connectivity index is 2.14. The van der Waals surface area contributed by atoms with Gasteiger partial charge in [-0.1, -0.05) is 13.0 Å². The molecular weight excluding hydrogens is 263 g/mol. The van der Waals surface area contributed by atoms with E-state index in [0.717, 1.165) is 5.56 Å². The van der Waals surface area contributed by atoms with E-state index in [-0.39, 0.29) is 11.6 Å². The molecule has 0 spiro atoms. The molecule has 2 rings (SSSR count). The number of aliphatic carboxylic acids is 1. The fourth-order valence-electron chi connectivity index (χ4n) is 2.46. The molecule has 1 heterocycles. The van der Waals surface area contributed by atoms with Gasteiger partial charge in [-0.15, -0.1) is 0 Å². The number of carbonyl (C=O) groups excluding carboxylic acids is 1. The molecule has 5 nitrogen and oxygen atoms in total. The highest BCUT2D eigenvalue weighted by Gasteiger charge is 2.39. The van der Waals surface area contributed by atoms with E-state index >= 15 is 0 Å². The molecule has 0 aliphatic carbocycles. The van der Waals surface area contributed by atoms with Crippen LogP contribution in [0.4, 0.5) is 14.9 Å². The van der Waals surface area contributed by atoms with Gasteiger partial charge in [-0.05, 0) is 37.0 Å². The first-order valence-corrected chi connectivity index (χ1v) is 6.46. The number of benzene rings is 1. The van der Waals surface area contributed by atoms with Crippen LogP contribution >= 0.6 is 0 Å². The van der Waals surface area contributed by atoms with Gasteiger partial charge in [0.15, 0.2) is 0 Å². The second-order valence-corrected chi connectivity index (χ2v) is 5.16. The van der Waals surface area contributed by atoms with Gasteiger partial charge in [0, 0.05) is 6.54 Å². The lowest BCUT2D eigenvalue weighted by atomic mass is 10.0. The quantitative estimate of drug-likeness (QED) is 0.874. The van der Waals surface area contributed by atoms with Gasteiger partial charge in [0.25, 0.3) is 0 Å². The molecular formula is C14H17FN2O3. The molecule has 6 heteroatoms. The summed E-state index contributed by atoms with van der Waals surface area (Å²) in [4.78, 5) is 24.5. The van der Waals surface area contributed by atoms with Crippen molar-refractivity contribution in [3.05, 3.63) is 29.6 Å². The Morgan fingerprint density at radius 1 is 1.45 bits per heavy atom. The third-order valence-corrected chi connectivity index (χ3v) is 3.58. The van der Waals surface area contributed by atoms with E-state index in [9.17, 15) is 14.0 Å². The second kappa shape index (κ2) is 5.48. The normalized spacial score (nSPS) is 21.9. The summed E-state index contributed by atoms with van der Waals surface area (Å²) in [5, 5.41) is 11.6. The van der Waals surface area contributed by atoms with Crippen LogP contribution in [-0.2, 0) is 4.79 Å². The first kappa shape index (κ1) is 14.3. The van der Waals surface area contributed by atoms with Crippen molar-refractivity contribution in [2.75, 3.05) is 11.9 Å². The molecule has 20 heavy (non-hydrogen) atoms. The molecule has 2 N–H and O–H groups in total. The molecule has 2 amide bonds. The lowest BCUT2D eigenvalue weighted by Crippen LogP contribution is -2.44. The van der Waals surface area contributed by atoms with Crippen LogP contribution in [0.25, 0.3) is 0 Å². The molecule has 0 saturated carbocycles. The zero-order chi connectivity index (χ0) is 14.9. The number of likely N-dealkylation sites (tertiary alicyclic amines) is 1. The maximum absolute atomic E-state index is 13.7. The number of hydrogen-bond acceptors (Lipinski definition) is 2. The van der Waals surface area contributed by atoms with Crippen molar-refractivity contribution < 1.29 is 19.1 Å². The fourth-order valence-corrected chi connectivity index (χ4v) is 2.46. The predicted molar refractivity (Wildman–Crippen MR) is 72.1 cm³/mol. The SMILES string of the molecule is Cc1ccc(NC(=O)N2CCC(C)C2C(=O)O)c(F)c1. The van der Waals surface area contributed by atoms with Crippen molar-refractivity contribution in [1.82, 2.24) is 4.90 Å². The van der Waals surface area contributed by atoms with E-state index in [0.29, 0.717) is 13.0 Å². The summed E-state index contributed by atoms with van der Waals surface area (Å²) in [5.74, 6) is -1.67. The van der Waals surface area contributed by atoms with Gasteiger partial charge in [0.1, 0.15) is 11.9 Å². The Labute approximate surface area is 116 Å². The van der Waals surface area contributed by atoms with Crippen LogP contribution in [0.1, 0.15) is 18.9 Å². The number of carbonyl (C=O) groups is 2. The molecule has 1 fully saturated rings. The van der Waals surface area contributed by atoms with Gasteiger partial charge in [-0.25, -0.2) is 14.0 Å². The van der Waals surface area contributed by atoms with Crippen molar-refractivity contribution in [1.29, 1.82) is 0 Å². The molecule has 2 atom stereocenters. The Morgan fingerprint density at radius 2 is 2.15 bits per heavy atom. The average Bonchev–Trinajstić information content (AvgIpc) is 2.74. The van der Waals surface area contributed by atoms with Crippen molar-refractivity contribution in [3.63, 3.8) is 0 Å². The van der Waals surface area contributed by atoms with Crippen LogP contribution in [-0.4, -0.2) is 34.6 Å². The molecule has 0 radical (unpaired) electrons. The first-order valence-electron chi connectivity index (χ1n) is 6.46. The van der Waals surface area contributed by atoms with Gasteiger partial charge in [0.2, 0.25) is 0 Å². The number of amides is 2. The Kier molecular flexibility index (Phi) is 3.92. The van der Waals surface area contributed by atoms with Crippen molar-refractivity contribution in [2.45, 2.75) is 26.3 Å². The summed E-state index contributed by atoms with van der Waals surface area (Å²) in [6, 6.07) is 3.03. The highest BCUT2D eigenvalue weighted by molar-refractivity contribution is 5.93. The van der Waals surface area contributed by atoms with Crippen molar-refractivity contribution >= 4 is 17.7 Å². The fraction of sp³-hybridized carbons (Fsp3) is 0.429. The van der Waals surface area contributed by atoms with E-state index in [1.165, 1.54) is 17.0 Å². The summed E-state index contributed by atoms with van der Waals surface area (Å²) >= 11 is 0. The summed E-state index contributed by atoms with van der Waals surface area (Å²) in [7, 11) is 0. The number of carboxylic acid groups (broad SMARTS) is 1.